The second-order valence-corrected chi connectivity index (χ2v) is 8.50. The molecule has 0 bridgehead atoms. The number of benzene rings is 2. The van der Waals surface area contributed by atoms with Crippen LogP contribution in [0.5, 0.6) is 0 Å². The van der Waals surface area contributed by atoms with Crippen LogP contribution in [0.25, 0.3) is 22.1 Å². The summed E-state index contributed by atoms with van der Waals surface area (Å²) in [5, 5.41) is 12.7. The topological polar surface area (TPSA) is 99.0 Å². The van der Waals surface area contributed by atoms with Crippen LogP contribution in [0.1, 0.15) is 37.6 Å². The Kier molecular flexibility index (Phi) is 6.88. The average molecular weight is 464 g/mol. The smallest absolute Gasteiger partial charge is 0.338 e. The summed E-state index contributed by atoms with van der Waals surface area (Å²) >= 11 is 1.29. The lowest BCUT2D eigenvalue weighted by Gasteiger charge is -2.14. The van der Waals surface area contributed by atoms with Crippen LogP contribution in [0.15, 0.2) is 53.7 Å². The summed E-state index contributed by atoms with van der Waals surface area (Å²) in [4.78, 5) is 29.4. The minimum Gasteiger partial charge on any atom is -0.462 e. The Morgan fingerprint density at radius 3 is 2.52 bits per heavy atom. The predicted molar refractivity (Wildman–Crippen MR) is 129 cm³/mol. The van der Waals surface area contributed by atoms with Crippen molar-refractivity contribution >= 4 is 51.4 Å². The highest BCUT2D eigenvalue weighted by atomic mass is 32.2. The molecule has 8 nitrogen and oxygen atoms in total. The quantitative estimate of drug-likeness (QED) is 0.299. The van der Waals surface area contributed by atoms with Gasteiger partial charge in [-0.25, -0.2) is 9.78 Å². The van der Waals surface area contributed by atoms with Gasteiger partial charge in [0.1, 0.15) is 5.52 Å². The number of nitrogens with one attached hydrogen (secondary N) is 1. The van der Waals surface area contributed by atoms with Crippen molar-refractivity contribution in [2.45, 2.75) is 44.1 Å². The minimum atomic E-state index is -0.395. The summed E-state index contributed by atoms with van der Waals surface area (Å²) in [7, 11) is 0. The summed E-state index contributed by atoms with van der Waals surface area (Å²) in [6.45, 7) is 6.83. The maximum Gasteiger partial charge on any atom is 0.338 e. The molecule has 0 unspecified atom stereocenters. The molecule has 0 aliphatic carbocycles. The van der Waals surface area contributed by atoms with Gasteiger partial charge in [-0.1, -0.05) is 36.9 Å². The average Bonchev–Trinajstić information content (AvgIpc) is 3.15. The SMILES string of the molecule is CCOC(=O)c1ccc(NC(=O)[C@H](CC)Sc2nnc3c4ccccc4n(CC)c3n2)cc1. The number of ether oxygens (including phenoxy) is 1. The number of nitrogens with zero attached hydrogens (tertiary/aromatic N) is 4. The van der Waals surface area contributed by atoms with Crippen LogP contribution in [-0.4, -0.2) is 43.5 Å². The van der Waals surface area contributed by atoms with Crippen molar-refractivity contribution in [2.24, 2.45) is 0 Å². The number of aromatic nitrogens is 4. The molecular weight excluding hydrogens is 438 g/mol. The van der Waals surface area contributed by atoms with E-state index in [0.29, 0.717) is 29.4 Å². The molecule has 0 fully saturated rings. The number of carbonyl (C=O) groups excluding carboxylic acids is 2. The van der Waals surface area contributed by atoms with E-state index in [1.807, 2.05) is 31.2 Å². The van der Waals surface area contributed by atoms with Gasteiger partial charge in [0.05, 0.1) is 22.9 Å². The first-order valence-corrected chi connectivity index (χ1v) is 11.8. The fourth-order valence-electron chi connectivity index (χ4n) is 3.64. The first kappa shape index (κ1) is 22.7. The van der Waals surface area contributed by atoms with Crippen LogP contribution in [0, 0.1) is 0 Å². The number of esters is 1. The minimum absolute atomic E-state index is 0.161. The van der Waals surface area contributed by atoms with Crippen molar-refractivity contribution in [3.8, 4) is 0 Å². The normalized spacial score (nSPS) is 12.1. The van der Waals surface area contributed by atoms with Gasteiger partial charge in [0, 0.05) is 17.6 Å². The fraction of sp³-hybridized carbons (Fsp3) is 0.292. The van der Waals surface area contributed by atoms with Crippen LogP contribution in [0.2, 0.25) is 0 Å². The molecule has 1 amide bonds. The highest BCUT2D eigenvalue weighted by Crippen LogP contribution is 2.29. The Morgan fingerprint density at radius 1 is 1.06 bits per heavy atom. The van der Waals surface area contributed by atoms with Crippen LogP contribution in [0.3, 0.4) is 0 Å². The number of hydrogen-bond acceptors (Lipinski definition) is 7. The Bertz CT molecular complexity index is 1300. The van der Waals surface area contributed by atoms with Crippen molar-refractivity contribution in [3.05, 3.63) is 54.1 Å². The molecule has 0 aliphatic heterocycles. The summed E-state index contributed by atoms with van der Waals surface area (Å²) < 4.78 is 7.09. The molecule has 0 radical (unpaired) electrons. The maximum absolute atomic E-state index is 12.9. The molecule has 0 aliphatic rings. The van der Waals surface area contributed by atoms with Gasteiger partial charge in [0.15, 0.2) is 5.65 Å². The molecule has 0 spiro atoms. The Balaban J connectivity index is 1.52. The van der Waals surface area contributed by atoms with Gasteiger partial charge in [-0.3, -0.25) is 4.79 Å². The van der Waals surface area contributed by atoms with Crippen LogP contribution in [-0.2, 0) is 16.1 Å². The van der Waals surface area contributed by atoms with Crippen molar-refractivity contribution in [1.29, 1.82) is 0 Å². The molecule has 2 heterocycles. The summed E-state index contributed by atoms with van der Waals surface area (Å²) in [6, 6.07) is 14.7. The van der Waals surface area contributed by atoms with E-state index in [1.54, 1.807) is 31.2 Å². The number of carbonyl (C=O) groups is 2. The predicted octanol–water partition coefficient (Wildman–Crippen LogP) is 4.69. The van der Waals surface area contributed by atoms with Gasteiger partial charge in [0.25, 0.3) is 0 Å². The van der Waals surface area contributed by atoms with Gasteiger partial charge in [-0.05, 0) is 50.6 Å². The van der Waals surface area contributed by atoms with Gasteiger partial charge in [-0.2, -0.15) is 0 Å². The summed E-state index contributed by atoms with van der Waals surface area (Å²) in [5.41, 5.74) is 3.63. The molecule has 2 aromatic carbocycles. The van der Waals surface area contributed by atoms with E-state index in [1.165, 1.54) is 11.8 Å². The highest BCUT2D eigenvalue weighted by Gasteiger charge is 2.21. The lowest BCUT2D eigenvalue weighted by atomic mass is 10.2. The standard InChI is InChI=1S/C24H25N5O3S/c1-4-19(22(30)25-16-13-11-15(12-14-16)23(31)32-6-3)33-24-26-21-20(27-28-24)17-9-7-8-10-18(17)29(21)5-2/h7-14,19H,4-6H2,1-3H3,(H,25,30)/t19-/m0/s1. The third-order valence-corrected chi connectivity index (χ3v) is 6.46. The van der Waals surface area contributed by atoms with E-state index >= 15 is 0 Å². The van der Waals surface area contributed by atoms with E-state index in [0.717, 1.165) is 28.6 Å². The lowest BCUT2D eigenvalue weighted by molar-refractivity contribution is -0.115. The summed E-state index contributed by atoms with van der Waals surface area (Å²) in [6.07, 6.45) is 0.593. The molecule has 9 heteroatoms. The van der Waals surface area contributed by atoms with Crippen LogP contribution < -0.4 is 5.32 Å². The van der Waals surface area contributed by atoms with Crippen molar-refractivity contribution in [3.63, 3.8) is 0 Å². The molecule has 1 N–H and O–H groups in total. The van der Waals surface area contributed by atoms with Gasteiger partial charge < -0.3 is 14.6 Å². The number of amides is 1. The van der Waals surface area contributed by atoms with Crippen molar-refractivity contribution < 1.29 is 14.3 Å². The van der Waals surface area contributed by atoms with Crippen LogP contribution >= 0.6 is 11.8 Å². The second-order valence-electron chi connectivity index (χ2n) is 7.33. The molecule has 0 saturated heterocycles. The third kappa shape index (κ3) is 4.68. The van der Waals surface area contributed by atoms with Crippen molar-refractivity contribution in [1.82, 2.24) is 19.7 Å². The van der Waals surface area contributed by atoms with E-state index in [4.69, 9.17) is 9.72 Å². The summed E-state index contributed by atoms with van der Waals surface area (Å²) in [5.74, 6) is -0.548. The van der Waals surface area contributed by atoms with E-state index in [9.17, 15) is 9.59 Å². The van der Waals surface area contributed by atoms with Crippen LogP contribution in [0.4, 0.5) is 5.69 Å². The second kappa shape index (κ2) is 9.99. The van der Waals surface area contributed by atoms with Gasteiger partial charge >= 0.3 is 5.97 Å². The number of aryl methyl sites for hydroxylation is 1. The largest absolute Gasteiger partial charge is 0.462 e. The number of hydrogen-bond donors (Lipinski definition) is 1. The zero-order chi connectivity index (χ0) is 23.4. The number of rotatable bonds is 8. The Labute approximate surface area is 195 Å². The lowest BCUT2D eigenvalue weighted by Crippen LogP contribution is -2.25. The molecule has 1 atom stereocenters. The van der Waals surface area contributed by atoms with E-state index in [-0.39, 0.29) is 11.9 Å². The number of fused-ring (bicyclic) bond motifs is 3. The first-order valence-electron chi connectivity index (χ1n) is 10.9. The first-order chi connectivity index (χ1) is 16.0. The number of anilines is 1. The molecule has 33 heavy (non-hydrogen) atoms. The zero-order valence-corrected chi connectivity index (χ0v) is 19.6. The highest BCUT2D eigenvalue weighted by molar-refractivity contribution is 8.00. The van der Waals surface area contributed by atoms with E-state index in [2.05, 4.69) is 27.0 Å². The molecule has 2 aromatic heterocycles. The van der Waals surface area contributed by atoms with Gasteiger partial charge in [-0.15, -0.1) is 10.2 Å². The zero-order valence-electron chi connectivity index (χ0n) is 18.7. The molecule has 170 valence electrons. The monoisotopic (exact) mass is 463 g/mol. The third-order valence-electron chi connectivity index (χ3n) is 5.25. The molecule has 4 rings (SSSR count). The maximum atomic E-state index is 12.9. The van der Waals surface area contributed by atoms with Gasteiger partial charge in [0.2, 0.25) is 11.1 Å². The molecule has 0 saturated carbocycles. The Morgan fingerprint density at radius 2 is 1.82 bits per heavy atom. The van der Waals surface area contributed by atoms with E-state index < -0.39 is 5.25 Å². The molecule has 4 aromatic rings. The number of thioether (sulfide) groups is 1. The molecular formula is C24H25N5O3S. The Hall–Kier alpha value is -3.46. The fourth-order valence-corrected chi connectivity index (χ4v) is 4.45. The van der Waals surface area contributed by atoms with Crippen molar-refractivity contribution in [2.75, 3.05) is 11.9 Å². The number of para-hydroxylation sites is 1.